The maximum Gasteiger partial charge on any atom is 0.339 e. The van der Waals surface area contributed by atoms with Gasteiger partial charge in [0, 0.05) is 5.56 Å². The van der Waals surface area contributed by atoms with Gasteiger partial charge < -0.3 is 9.84 Å². The summed E-state index contributed by atoms with van der Waals surface area (Å²) in [5, 5.41) is 8.89. The van der Waals surface area contributed by atoms with Crippen molar-refractivity contribution in [2.45, 2.75) is 13.0 Å². The zero-order valence-corrected chi connectivity index (χ0v) is 7.48. The fourth-order valence-corrected chi connectivity index (χ4v) is 1.65. The Hall–Kier alpha value is -1.84. The number of fused-ring (bicyclic) bond motifs is 1. The minimum absolute atomic E-state index is 0.140. The number of hydrogen-bond acceptors (Lipinski definition) is 3. The Morgan fingerprint density at radius 1 is 1.50 bits per heavy atom. The second-order valence-corrected chi connectivity index (χ2v) is 3.12. The number of carboxylic acids is 1. The first-order chi connectivity index (χ1) is 6.61. The molecule has 1 aromatic carbocycles. The number of carbonyl (C=O) groups is 2. The minimum Gasteiger partial charge on any atom is -0.478 e. The van der Waals surface area contributed by atoms with Gasteiger partial charge in [0.1, 0.15) is 6.10 Å². The fourth-order valence-electron chi connectivity index (χ4n) is 1.65. The molecule has 2 rings (SSSR count). The van der Waals surface area contributed by atoms with E-state index in [0.717, 1.165) is 0 Å². The van der Waals surface area contributed by atoms with Crippen molar-refractivity contribution in [2.75, 3.05) is 0 Å². The first-order valence-corrected chi connectivity index (χ1v) is 4.18. The molecule has 1 aromatic rings. The highest BCUT2D eigenvalue weighted by atomic mass is 16.5. The number of cyclic esters (lactones) is 1. The number of aromatic carboxylic acids is 1. The van der Waals surface area contributed by atoms with Crippen LogP contribution >= 0.6 is 0 Å². The summed E-state index contributed by atoms with van der Waals surface area (Å²) in [6.07, 6.45) is -0.468. The van der Waals surface area contributed by atoms with Crippen LogP contribution in [0.25, 0.3) is 0 Å². The van der Waals surface area contributed by atoms with Crippen molar-refractivity contribution in [1.82, 2.24) is 0 Å². The largest absolute Gasteiger partial charge is 0.478 e. The molecule has 0 spiro atoms. The average molecular weight is 192 g/mol. The summed E-state index contributed by atoms with van der Waals surface area (Å²) in [4.78, 5) is 22.1. The van der Waals surface area contributed by atoms with Crippen LogP contribution in [0.3, 0.4) is 0 Å². The third-order valence-corrected chi connectivity index (χ3v) is 2.25. The molecule has 0 saturated carbocycles. The standard InChI is InChI=1S/C10H8O4/c1-5-8-6(9(11)12)3-2-4-7(8)10(13)14-5/h2-5H,1H3,(H,11,12). The van der Waals surface area contributed by atoms with E-state index in [1.807, 2.05) is 0 Å². The maximum atomic E-state index is 11.2. The Morgan fingerprint density at radius 3 is 2.86 bits per heavy atom. The second-order valence-electron chi connectivity index (χ2n) is 3.12. The van der Waals surface area contributed by atoms with Crippen molar-refractivity contribution in [3.63, 3.8) is 0 Å². The topological polar surface area (TPSA) is 63.6 Å². The highest BCUT2D eigenvalue weighted by Crippen LogP contribution is 2.32. The van der Waals surface area contributed by atoms with Crippen molar-refractivity contribution >= 4 is 11.9 Å². The van der Waals surface area contributed by atoms with Gasteiger partial charge in [-0.1, -0.05) is 6.07 Å². The van der Waals surface area contributed by atoms with Gasteiger partial charge in [0.15, 0.2) is 0 Å². The maximum absolute atomic E-state index is 11.2. The summed E-state index contributed by atoms with van der Waals surface area (Å²) in [5.41, 5.74) is 0.975. The van der Waals surface area contributed by atoms with Gasteiger partial charge in [0.2, 0.25) is 0 Å². The molecule has 1 heterocycles. The van der Waals surface area contributed by atoms with Crippen LogP contribution in [0.1, 0.15) is 39.3 Å². The molecule has 14 heavy (non-hydrogen) atoms. The molecular weight excluding hydrogens is 184 g/mol. The zero-order valence-electron chi connectivity index (χ0n) is 7.48. The molecule has 4 nitrogen and oxygen atoms in total. The minimum atomic E-state index is -1.04. The van der Waals surface area contributed by atoms with Gasteiger partial charge in [-0.25, -0.2) is 9.59 Å². The number of benzene rings is 1. The van der Waals surface area contributed by atoms with Gasteiger partial charge >= 0.3 is 11.9 Å². The molecule has 0 radical (unpaired) electrons. The van der Waals surface area contributed by atoms with E-state index in [4.69, 9.17) is 9.84 Å². The highest BCUT2D eigenvalue weighted by molar-refractivity contribution is 5.99. The van der Waals surface area contributed by atoms with Crippen LogP contribution in [0.15, 0.2) is 18.2 Å². The van der Waals surface area contributed by atoms with Crippen LogP contribution in [0.5, 0.6) is 0 Å². The van der Waals surface area contributed by atoms with E-state index in [2.05, 4.69) is 0 Å². The molecule has 0 bridgehead atoms. The summed E-state index contributed by atoms with van der Waals surface area (Å²) >= 11 is 0. The van der Waals surface area contributed by atoms with Crippen LogP contribution in [-0.4, -0.2) is 17.0 Å². The lowest BCUT2D eigenvalue weighted by Gasteiger charge is -2.05. The lowest BCUT2D eigenvalue weighted by Crippen LogP contribution is -2.03. The number of hydrogen-bond donors (Lipinski definition) is 1. The van der Waals surface area contributed by atoms with E-state index in [-0.39, 0.29) is 5.56 Å². The number of rotatable bonds is 1. The van der Waals surface area contributed by atoms with E-state index >= 15 is 0 Å². The van der Waals surface area contributed by atoms with Crippen molar-refractivity contribution in [3.05, 3.63) is 34.9 Å². The Kier molecular flexibility index (Phi) is 1.77. The molecule has 0 aliphatic carbocycles. The molecule has 1 atom stereocenters. The van der Waals surface area contributed by atoms with Gasteiger partial charge in [-0.3, -0.25) is 0 Å². The first-order valence-electron chi connectivity index (χ1n) is 4.18. The lowest BCUT2D eigenvalue weighted by atomic mass is 9.99. The molecule has 1 unspecified atom stereocenters. The summed E-state index contributed by atoms with van der Waals surface area (Å²) in [6.45, 7) is 1.66. The molecule has 0 aromatic heterocycles. The number of carboxylic acid groups (broad SMARTS) is 1. The lowest BCUT2D eigenvalue weighted by molar-refractivity contribution is 0.0416. The summed E-state index contributed by atoms with van der Waals surface area (Å²) < 4.78 is 4.92. The summed E-state index contributed by atoms with van der Waals surface area (Å²) in [6, 6.07) is 4.59. The second kappa shape index (κ2) is 2.83. The van der Waals surface area contributed by atoms with Gasteiger partial charge in [-0.2, -0.15) is 0 Å². The Balaban J connectivity index is 2.68. The Morgan fingerprint density at radius 2 is 2.21 bits per heavy atom. The normalized spacial score (nSPS) is 18.9. The number of carbonyl (C=O) groups excluding carboxylic acids is 1. The molecule has 72 valence electrons. The third-order valence-electron chi connectivity index (χ3n) is 2.25. The van der Waals surface area contributed by atoms with Crippen LogP contribution in [-0.2, 0) is 4.74 Å². The van der Waals surface area contributed by atoms with E-state index in [1.165, 1.54) is 6.07 Å². The Labute approximate surface area is 80.1 Å². The predicted octanol–water partition coefficient (Wildman–Crippen LogP) is 1.62. The van der Waals surface area contributed by atoms with Gasteiger partial charge in [-0.15, -0.1) is 0 Å². The summed E-state index contributed by atoms with van der Waals surface area (Å²) in [7, 11) is 0. The molecule has 1 N–H and O–H groups in total. The van der Waals surface area contributed by atoms with Gasteiger partial charge in [-0.05, 0) is 19.1 Å². The predicted molar refractivity (Wildman–Crippen MR) is 47.2 cm³/mol. The first kappa shape index (κ1) is 8.74. The van der Waals surface area contributed by atoms with Crippen molar-refractivity contribution < 1.29 is 19.4 Å². The molecule has 0 fully saturated rings. The molecule has 1 aliphatic heterocycles. The van der Waals surface area contributed by atoms with E-state index < -0.39 is 18.0 Å². The molecular formula is C10H8O4. The smallest absolute Gasteiger partial charge is 0.339 e. The van der Waals surface area contributed by atoms with Crippen LogP contribution in [0.4, 0.5) is 0 Å². The fraction of sp³-hybridized carbons (Fsp3) is 0.200. The summed E-state index contributed by atoms with van der Waals surface area (Å²) in [5.74, 6) is -1.48. The highest BCUT2D eigenvalue weighted by Gasteiger charge is 2.31. The monoisotopic (exact) mass is 192 g/mol. The van der Waals surface area contributed by atoms with Crippen LogP contribution in [0.2, 0.25) is 0 Å². The SMILES string of the molecule is CC1OC(=O)c2cccc(C(=O)O)c21. The Bertz CT molecular complexity index is 422. The van der Waals surface area contributed by atoms with E-state index in [1.54, 1.807) is 19.1 Å². The quantitative estimate of drug-likeness (QED) is 0.686. The molecule has 1 aliphatic rings. The van der Waals surface area contributed by atoms with Crippen molar-refractivity contribution in [3.8, 4) is 0 Å². The van der Waals surface area contributed by atoms with Gasteiger partial charge in [0.25, 0.3) is 0 Å². The van der Waals surface area contributed by atoms with E-state index in [0.29, 0.717) is 11.1 Å². The number of esters is 1. The molecule has 4 heteroatoms. The molecule has 0 saturated heterocycles. The van der Waals surface area contributed by atoms with Crippen molar-refractivity contribution in [2.24, 2.45) is 0 Å². The molecule has 0 amide bonds. The zero-order chi connectivity index (χ0) is 10.3. The number of ether oxygens (including phenoxy) is 1. The van der Waals surface area contributed by atoms with Crippen molar-refractivity contribution in [1.29, 1.82) is 0 Å². The van der Waals surface area contributed by atoms with E-state index in [9.17, 15) is 9.59 Å². The van der Waals surface area contributed by atoms with Crippen LogP contribution < -0.4 is 0 Å². The average Bonchev–Trinajstić information content (AvgIpc) is 2.43. The van der Waals surface area contributed by atoms with Gasteiger partial charge in [0.05, 0.1) is 11.1 Å². The van der Waals surface area contributed by atoms with Crippen LogP contribution in [0, 0.1) is 0 Å². The third kappa shape index (κ3) is 1.08.